The molecule has 0 bridgehead atoms. The standard InChI is InChI=1S/C18H19N5O3S3/c1-3-26-15(25)14-11(2)20-17(28-14)23(9-12-7-5-4-6-8-12)13(24)10-27-18-22-21-16(19)29-18/h4-8H,3,9-10H2,1-2H3,(H2,19,21). The average Bonchev–Trinajstić information content (AvgIpc) is 3.30. The van der Waals surface area contributed by atoms with E-state index < -0.39 is 5.97 Å². The number of carbonyl (C=O) groups excluding carboxylic acids is 2. The van der Waals surface area contributed by atoms with E-state index in [9.17, 15) is 9.59 Å². The van der Waals surface area contributed by atoms with Gasteiger partial charge in [-0.2, -0.15) is 0 Å². The van der Waals surface area contributed by atoms with Crippen molar-refractivity contribution in [2.24, 2.45) is 0 Å². The van der Waals surface area contributed by atoms with Crippen LogP contribution in [0.5, 0.6) is 0 Å². The van der Waals surface area contributed by atoms with E-state index in [0.29, 0.717) is 31.7 Å². The third-order valence-corrected chi connectivity index (χ3v) is 6.73. The van der Waals surface area contributed by atoms with Crippen molar-refractivity contribution >= 4 is 56.6 Å². The van der Waals surface area contributed by atoms with Gasteiger partial charge in [-0.05, 0) is 19.4 Å². The van der Waals surface area contributed by atoms with Crippen molar-refractivity contribution in [2.75, 3.05) is 23.0 Å². The summed E-state index contributed by atoms with van der Waals surface area (Å²) in [6, 6.07) is 9.61. The van der Waals surface area contributed by atoms with Gasteiger partial charge in [0.15, 0.2) is 9.47 Å². The smallest absolute Gasteiger partial charge is 0.350 e. The molecule has 0 atom stereocenters. The fourth-order valence-corrected chi connectivity index (χ4v) is 4.88. The van der Waals surface area contributed by atoms with E-state index in [1.807, 2.05) is 30.3 Å². The fraction of sp³-hybridized carbons (Fsp3) is 0.278. The highest BCUT2D eigenvalue weighted by molar-refractivity contribution is 8.01. The lowest BCUT2D eigenvalue weighted by Crippen LogP contribution is -2.31. The van der Waals surface area contributed by atoms with Crippen molar-refractivity contribution in [3.63, 3.8) is 0 Å². The number of rotatable bonds is 8. The Balaban J connectivity index is 1.83. The van der Waals surface area contributed by atoms with Crippen LogP contribution in [-0.4, -0.2) is 39.4 Å². The highest BCUT2D eigenvalue weighted by Gasteiger charge is 2.24. The molecule has 152 valence electrons. The Bertz CT molecular complexity index is 990. The maximum absolute atomic E-state index is 13.0. The van der Waals surface area contributed by atoms with Crippen LogP contribution in [0.2, 0.25) is 0 Å². The molecule has 0 saturated heterocycles. The minimum absolute atomic E-state index is 0.148. The van der Waals surface area contributed by atoms with Gasteiger partial charge in [-0.1, -0.05) is 64.8 Å². The van der Waals surface area contributed by atoms with Gasteiger partial charge in [0.05, 0.1) is 24.6 Å². The Morgan fingerprint density at radius 3 is 2.62 bits per heavy atom. The van der Waals surface area contributed by atoms with Gasteiger partial charge in [0, 0.05) is 0 Å². The Morgan fingerprint density at radius 2 is 1.97 bits per heavy atom. The Kier molecular flexibility index (Phi) is 7.18. The zero-order valence-electron chi connectivity index (χ0n) is 15.8. The van der Waals surface area contributed by atoms with Gasteiger partial charge in [-0.3, -0.25) is 9.69 Å². The highest BCUT2D eigenvalue weighted by atomic mass is 32.2. The Hall–Kier alpha value is -2.50. The molecule has 3 rings (SSSR count). The van der Waals surface area contributed by atoms with Crippen LogP contribution >= 0.6 is 34.4 Å². The molecule has 0 aliphatic carbocycles. The van der Waals surface area contributed by atoms with E-state index in [1.54, 1.807) is 18.7 Å². The molecule has 11 heteroatoms. The summed E-state index contributed by atoms with van der Waals surface area (Å²) in [7, 11) is 0. The van der Waals surface area contributed by atoms with Gasteiger partial charge in [0.2, 0.25) is 11.0 Å². The summed E-state index contributed by atoms with van der Waals surface area (Å²) in [4.78, 5) is 31.6. The monoisotopic (exact) mass is 449 g/mol. The van der Waals surface area contributed by atoms with E-state index in [2.05, 4.69) is 15.2 Å². The van der Waals surface area contributed by atoms with E-state index in [4.69, 9.17) is 10.5 Å². The Labute approximate surface area is 180 Å². The second kappa shape index (κ2) is 9.81. The third-order valence-electron chi connectivity index (χ3n) is 3.70. The van der Waals surface area contributed by atoms with Crippen molar-refractivity contribution in [3.8, 4) is 0 Å². The second-order valence-corrected chi connectivity index (χ2v) is 9.00. The molecule has 0 fully saturated rings. The number of aromatic nitrogens is 3. The Morgan fingerprint density at radius 1 is 1.21 bits per heavy atom. The molecule has 1 amide bonds. The predicted octanol–water partition coefficient (Wildman–Crippen LogP) is 3.39. The molecule has 1 aromatic carbocycles. The number of thiazole rings is 1. The summed E-state index contributed by atoms with van der Waals surface area (Å²) in [5.41, 5.74) is 7.09. The van der Waals surface area contributed by atoms with E-state index in [1.165, 1.54) is 23.1 Å². The molecule has 2 heterocycles. The number of thioether (sulfide) groups is 1. The SMILES string of the molecule is CCOC(=O)c1sc(N(Cc2ccccc2)C(=O)CSc2nnc(N)s2)nc1C. The molecule has 0 aliphatic heterocycles. The van der Waals surface area contributed by atoms with E-state index in [0.717, 1.165) is 16.9 Å². The number of amides is 1. The van der Waals surface area contributed by atoms with Crippen LogP contribution in [-0.2, 0) is 16.1 Å². The van der Waals surface area contributed by atoms with Gasteiger partial charge >= 0.3 is 5.97 Å². The number of nitrogen functional groups attached to an aromatic ring is 1. The quantitative estimate of drug-likeness (QED) is 0.411. The highest BCUT2D eigenvalue weighted by Crippen LogP contribution is 2.30. The number of nitrogens with two attached hydrogens (primary N) is 1. The van der Waals surface area contributed by atoms with E-state index >= 15 is 0 Å². The van der Waals surface area contributed by atoms with Crippen LogP contribution in [0, 0.1) is 6.92 Å². The van der Waals surface area contributed by atoms with Crippen molar-refractivity contribution in [1.29, 1.82) is 0 Å². The molecule has 0 radical (unpaired) electrons. The number of esters is 1. The van der Waals surface area contributed by atoms with Gasteiger partial charge in [0.25, 0.3) is 0 Å². The maximum atomic E-state index is 13.0. The molecular formula is C18H19N5O3S3. The first-order valence-corrected chi connectivity index (χ1v) is 11.3. The van der Waals surface area contributed by atoms with Crippen molar-refractivity contribution in [3.05, 3.63) is 46.5 Å². The largest absolute Gasteiger partial charge is 0.462 e. The van der Waals surface area contributed by atoms with Crippen LogP contribution < -0.4 is 10.6 Å². The third kappa shape index (κ3) is 5.52. The van der Waals surface area contributed by atoms with E-state index in [-0.39, 0.29) is 18.3 Å². The molecule has 2 N–H and O–H groups in total. The molecule has 0 aliphatic rings. The topological polar surface area (TPSA) is 111 Å². The van der Waals surface area contributed by atoms with Crippen LogP contribution in [0.3, 0.4) is 0 Å². The summed E-state index contributed by atoms with van der Waals surface area (Å²) in [5, 5.41) is 8.50. The number of aryl methyl sites for hydroxylation is 1. The number of anilines is 2. The lowest BCUT2D eigenvalue weighted by atomic mass is 10.2. The van der Waals surface area contributed by atoms with Crippen LogP contribution in [0.4, 0.5) is 10.3 Å². The second-order valence-electron chi connectivity index (χ2n) is 5.79. The van der Waals surface area contributed by atoms with Crippen LogP contribution in [0.1, 0.15) is 27.9 Å². The molecule has 2 aromatic heterocycles. The lowest BCUT2D eigenvalue weighted by Gasteiger charge is -2.19. The molecule has 3 aromatic rings. The van der Waals surface area contributed by atoms with Crippen molar-refractivity contribution in [2.45, 2.75) is 24.7 Å². The van der Waals surface area contributed by atoms with Crippen molar-refractivity contribution < 1.29 is 14.3 Å². The molecule has 29 heavy (non-hydrogen) atoms. The summed E-state index contributed by atoms with van der Waals surface area (Å²) in [6.45, 7) is 4.10. The predicted molar refractivity (Wildman–Crippen MR) is 115 cm³/mol. The van der Waals surface area contributed by atoms with Gasteiger partial charge in [-0.15, -0.1) is 10.2 Å². The number of carbonyl (C=O) groups is 2. The minimum Gasteiger partial charge on any atom is -0.462 e. The molecule has 8 nitrogen and oxygen atoms in total. The summed E-state index contributed by atoms with van der Waals surface area (Å²) in [6.07, 6.45) is 0. The molecule has 0 saturated carbocycles. The van der Waals surface area contributed by atoms with Crippen LogP contribution in [0.15, 0.2) is 34.7 Å². The first-order chi connectivity index (χ1) is 14.0. The average molecular weight is 450 g/mol. The number of hydrogen-bond acceptors (Lipinski definition) is 10. The first kappa shape index (κ1) is 21.2. The number of ether oxygens (including phenoxy) is 1. The summed E-state index contributed by atoms with van der Waals surface area (Å²) >= 11 is 3.65. The van der Waals surface area contributed by atoms with Gasteiger partial charge in [-0.25, -0.2) is 9.78 Å². The first-order valence-electron chi connectivity index (χ1n) is 8.68. The molecule has 0 unspecified atom stereocenters. The summed E-state index contributed by atoms with van der Waals surface area (Å²) in [5.74, 6) is -0.439. The van der Waals surface area contributed by atoms with Gasteiger partial charge in [0.1, 0.15) is 4.88 Å². The zero-order valence-corrected chi connectivity index (χ0v) is 18.3. The molecular weight excluding hydrogens is 430 g/mol. The lowest BCUT2D eigenvalue weighted by molar-refractivity contribution is -0.116. The van der Waals surface area contributed by atoms with Crippen molar-refractivity contribution in [1.82, 2.24) is 15.2 Å². The number of nitrogens with zero attached hydrogens (tertiary/aromatic N) is 4. The maximum Gasteiger partial charge on any atom is 0.350 e. The number of hydrogen-bond donors (Lipinski definition) is 1. The molecule has 0 spiro atoms. The van der Waals surface area contributed by atoms with Gasteiger partial charge < -0.3 is 10.5 Å². The summed E-state index contributed by atoms with van der Waals surface area (Å²) < 4.78 is 5.71. The normalized spacial score (nSPS) is 10.7. The number of benzene rings is 1. The zero-order chi connectivity index (χ0) is 20.8. The minimum atomic E-state index is -0.431. The fourth-order valence-electron chi connectivity index (χ4n) is 2.39. The van der Waals surface area contributed by atoms with Crippen LogP contribution in [0.25, 0.3) is 0 Å².